The third-order valence-corrected chi connectivity index (χ3v) is 4.29. The Hall–Kier alpha value is -1.13. The van der Waals surface area contributed by atoms with Crippen LogP contribution in [0.4, 0.5) is 8.78 Å². The van der Waals surface area contributed by atoms with Crippen LogP contribution in [0.1, 0.15) is 29.3 Å². The Morgan fingerprint density at radius 3 is 2.62 bits per heavy atom. The van der Waals surface area contributed by atoms with E-state index in [1.54, 1.807) is 0 Å². The lowest BCUT2D eigenvalue weighted by molar-refractivity contribution is 0.317. The third-order valence-electron chi connectivity index (χ3n) is 2.94. The lowest BCUT2D eigenvalue weighted by atomic mass is 10.0. The molecule has 0 saturated carbocycles. The van der Waals surface area contributed by atoms with Crippen LogP contribution in [0.15, 0.2) is 36.4 Å². The predicted molar refractivity (Wildman–Crippen MR) is 84.4 cm³/mol. The zero-order valence-electron chi connectivity index (χ0n) is 11.4. The molecule has 0 amide bonds. The van der Waals surface area contributed by atoms with Crippen molar-refractivity contribution in [2.75, 3.05) is 6.61 Å². The lowest BCUT2D eigenvalue weighted by Crippen LogP contribution is -1.99. The highest BCUT2D eigenvalue weighted by atomic mass is 79.9. The van der Waals surface area contributed by atoms with E-state index in [0.717, 1.165) is 29.9 Å². The molecular weight excluding hydrogens is 362 g/mol. The van der Waals surface area contributed by atoms with Gasteiger partial charge in [0.15, 0.2) is 11.6 Å². The van der Waals surface area contributed by atoms with E-state index in [2.05, 4.69) is 15.9 Å². The second kappa shape index (κ2) is 7.23. The van der Waals surface area contributed by atoms with Crippen LogP contribution in [0.25, 0.3) is 0 Å². The summed E-state index contributed by atoms with van der Waals surface area (Å²) in [5.41, 5.74) is 1.33. The summed E-state index contributed by atoms with van der Waals surface area (Å²) in [6, 6.07) is 9.52. The Kier molecular flexibility index (Phi) is 5.59. The van der Waals surface area contributed by atoms with Gasteiger partial charge in [-0.3, -0.25) is 0 Å². The fourth-order valence-corrected chi connectivity index (χ4v) is 2.95. The number of halogens is 4. The molecule has 0 aliphatic rings. The minimum Gasteiger partial charge on any atom is -0.494 e. The predicted octanol–water partition coefficient (Wildman–Crippen LogP) is 5.89. The van der Waals surface area contributed by atoms with E-state index in [9.17, 15) is 8.78 Å². The Bertz CT molecular complexity index is 634. The maximum absolute atomic E-state index is 13.4. The fourth-order valence-electron chi connectivity index (χ4n) is 1.89. The van der Waals surface area contributed by atoms with Gasteiger partial charge in [0.1, 0.15) is 5.75 Å². The summed E-state index contributed by atoms with van der Waals surface area (Å²) in [5.74, 6) is -1.14. The van der Waals surface area contributed by atoms with E-state index in [4.69, 9.17) is 16.3 Å². The molecule has 2 aromatic rings. The molecule has 0 radical (unpaired) electrons. The molecule has 5 heteroatoms. The minimum atomic E-state index is -0.955. The molecule has 1 unspecified atom stereocenters. The first-order valence-corrected chi connectivity index (χ1v) is 7.83. The van der Waals surface area contributed by atoms with Crippen LogP contribution in [0.5, 0.6) is 5.75 Å². The molecule has 1 atom stereocenters. The summed E-state index contributed by atoms with van der Waals surface area (Å²) in [6.07, 6.45) is 0.914. The van der Waals surface area contributed by atoms with Crippen molar-refractivity contribution < 1.29 is 13.5 Å². The van der Waals surface area contributed by atoms with Gasteiger partial charge in [0.2, 0.25) is 0 Å². The molecule has 1 nitrogen and oxygen atoms in total. The molecule has 0 bridgehead atoms. The van der Waals surface area contributed by atoms with Crippen LogP contribution >= 0.6 is 27.5 Å². The van der Waals surface area contributed by atoms with Crippen LogP contribution in [-0.2, 0) is 0 Å². The van der Waals surface area contributed by atoms with Gasteiger partial charge in [-0.25, -0.2) is 8.78 Å². The first-order chi connectivity index (χ1) is 10.0. The average molecular weight is 376 g/mol. The summed E-state index contributed by atoms with van der Waals surface area (Å²) < 4.78 is 32.1. The molecule has 0 saturated heterocycles. The molecule has 0 aliphatic heterocycles. The number of hydrogen-bond donors (Lipinski definition) is 0. The second-order valence-electron chi connectivity index (χ2n) is 4.57. The van der Waals surface area contributed by atoms with E-state index < -0.39 is 11.6 Å². The second-order valence-corrected chi connectivity index (χ2v) is 5.89. The first-order valence-electron chi connectivity index (χ1n) is 6.54. The molecule has 0 aliphatic carbocycles. The van der Waals surface area contributed by atoms with Gasteiger partial charge in [-0.15, -0.1) is 0 Å². The number of hydrogen-bond acceptors (Lipinski definition) is 1. The van der Waals surface area contributed by atoms with Gasteiger partial charge in [-0.1, -0.05) is 46.6 Å². The molecule has 112 valence electrons. The first kappa shape index (κ1) is 16.2. The highest BCUT2D eigenvalue weighted by Crippen LogP contribution is 2.37. The molecule has 0 spiro atoms. The van der Waals surface area contributed by atoms with Crippen molar-refractivity contribution in [1.29, 1.82) is 0 Å². The quantitative estimate of drug-likeness (QED) is 0.467. The smallest absolute Gasteiger partial charge is 0.160 e. The molecule has 0 heterocycles. The maximum Gasteiger partial charge on any atom is 0.160 e. The molecule has 0 N–H and O–H groups in total. The fraction of sp³-hybridized carbons (Fsp3) is 0.250. The largest absolute Gasteiger partial charge is 0.494 e. The van der Waals surface area contributed by atoms with Crippen LogP contribution in [0.2, 0.25) is 5.02 Å². The summed E-state index contributed by atoms with van der Waals surface area (Å²) in [4.78, 5) is -0.342. The van der Waals surface area contributed by atoms with Crippen molar-refractivity contribution in [1.82, 2.24) is 0 Å². The molecule has 0 fully saturated rings. The van der Waals surface area contributed by atoms with Crippen LogP contribution in [0.3, 0.4) is 0 Å². The van der Waals surface area contributed by atoms with Crippen molar-refractivity contribution in [3.63, 3.8) is 0 Å². The van der Waals surface area contributed by atoms with Gasteiger partial charge >= 0.3 is 0 Å². The Morgan fingerprint density at radius 1 is 1.19 bits per heavy atom. The Morgan fingerprint density at radius 2 is 1.90 bits per heavy atom. The van der Waals surface area contributed by atoms with Crippen LogP contribution < -0.4 is 4.74 Å². The van der Waals surface area contributed by atoms with Crippen LogP contribution in [0, 0.1) is 11.6 Å². The number of benzene rings is 2. The van der Waals surface area contributed by atoms with Crippen LogP contribution in [-0.4, -0.2) is 6.61 Å². The van der Waals surface area contributed by atoms with E-state index >= 15 is 0 Å². The van der Waals surface area contributed by atoms with Crippen molar-refractivity contribution in [2.45, 2.75) is 18.2 Å². The molecular formula is C16H14BrClF2O. The van der Waals surface area contributed by atoms with Gasteiger partial charge in [0, 0.05) is 5.02 Å². The normalized spacial score (nSPS) is 12.2. The van der Waals surface area contributed by atoms with E-state index in [-0.39, 0.29) is 9.85 Å². The monoisotopic (exact) mass is 374 g/mol. The average Bonchev–Trinajstić information content (AvgIpc) is 2.48. The SMILES string of the molecule is CCCOc1cccc(C(Br)c2cc(F)c(F)cc2Cl)c1. The zero-order chi connectivity index (χ0) is 15.4. The van der Waals surface area contributed by atoms with E-state index in [0.29, 0.717) is 12.2 Å². The van der Waals surface area contributed by atoms with Gasteiger partial charge in [-0.05, 0) is 41.8 Å². The molecule has 0 aromatic heterocycles. The molecule has 2 rings (SSSR count). The third kappa shape index (κ3) is 3.95. The zero-order valence-corrected chi connectivity index (χ0v) is 13.7. The van der Waals surface area contributed by atoms with E-state index in [1.165, 1.54) is 0 Å². The minimum absolute atomic E-state index is 0.177. The molecule has 21 heavy (non-hydrogen) atoms. The number of alkyl halides is 1. The molecule has 2 aromatic carbocycles. The highest BCUT2D eigenvalue weighted by Gasteiger charge is 2.17. The van der Waals surface area contributed by atoms with Gasteiger partial charge in [0.05, 0.1) is 11.4 Å². The Balaban J connectivity index is 2.31. The van der Waals surface area contributed by atoms with Crippen molar-refractivity contribution in [2.24, 2.45) is 0 Å². The summed E-state index contributed by atoms with van der Waals surface area (Å²) >= 11 is 9.48. The van der Waals surface area contributed by atoms with Gasteiger partial charge in [-0.2, -0.15) is 0 Å². The lowest BCUT2D eigenvalue weighted by Gasteiger charge is -2.14. The Labute approximate surface area is 136 Å². The van der Waals surface area contributed by atoms with Crippen molar-refractivity contribution >= 4 is 27.5 Å². The standard InChI is InChI=1S/C16H14BrClF2O/c1-2-6-21-11-5-3-4-10(7-11)16(17)12-8-14(19)15(20)9-13(12)18/h3-5,7-9,16H,2,6H2,1H3. The summed E-state index contributed by atoms with van der Waals surface area (Å²) in [7, 11) is 0. The summed E-state index contributed by atoms with van der Waals surface area (Å²) in [6.45, 7) is 2.65. The van der Waals surface area contributed by atoms with Gasteiger partial charge in [0.25, 0.3) is 0 Å². The van der Waals surface area contributed by atoms with Crippen molar-refractivity contribution in [3.8, 4) is 5.75 Å². The van der Waals surface area contributed by atoms with E-state index in [1.807, 2.05) is 31.2 Å². The maximum atomic E-state index is 13.4. The topological polar surface area (TPSA) is 9.23 Å². The number of rotatable bonds is 5. The highest BCUT2D eigenvalue weighted by molar-refractivity contribution is 9.09. The number of ether oxygens (including phenoxy) is 1. The van der Waals surface area contributed by atoms with Crippen molar-refractivity contribution in [3.05, 3.63) is 64.2 Å². The van der Waals surface area contributed by atoms with Gasteiger partial charge < -0.3 is 4.74 Å². The summed E-state index contributed by atoms with van der Waals surface area (Å²) in [5, 5.41) is 0.177.